The topological polar surface area (TPSA) is 66.8 Å². The van der Waals surface area contributed by atoms with Gasteiger partial charge in [0.15, 0.2) is 0 Å². The van der Waals surface area contributed by atoms with Crippen LogP contribution in [0.2, 0.25) is 0 Å². The summed E-state index contributed by atoms with van der Waals surface area (Å²) in [6.07, 6.45) is 13.0. The zero-order valence-corrected chi connectivity index (χ0v) is 17.4. The summed E-state index contributed by atoms with van der Waals surface area (Å²) >= 11 is 6.26. The van der Waals surface area contributed by atoms with Gasteiger partial charge in [-0.2, -0.15) is 0 Å². The van der Waals surface area contributed by atoms with Crippen LogP contribution < -0.4 is 0 Å². The van der Waals surface area contributed by atoms with Crippen LogP contribution >= 0.6 is 11.6 Å². The van der Waals surface area contributed by atoms with Crippen LogP contribution in [-0.2, 0) is 9.53 Å². The van der Waals surface area contributed by atoms with E-state index in [1.54, 1.807) is 6.08 Å². The summed E-state index contributed by atoms with van der Waals surface area (Å²) in [5.74, 6) is 0.908. The van der Waals surface area contributed by atoms with E-state index in [0.29, 0.717) is 18.3 Å². The van der Waals surface area contributed by atoms with Gasteiger partial charge in [-0.3, -0.25) is 4.79 Å². The van der Waals surface area contributed by atoms with Gasteiger partial charge < -0.3 is 14.9 Å². The molecule has 0 bridgehead atoms. The van der Waals surface area contributed by atoms with Crippen LogP contribution in [0.3, 0.4) is 0 Å². The van der Waals surface area contributed by atoms with Crippen molar-refractivity contribution < 1.29 is 19.7 Å². The van der Waals surface area contributed by atoms with Crippen molar-refractivity contribution in [1.82, 2.24) is 0 Å². The summed E-state index contributed by atoms with van der Waals surface area (Å²) in [5.41, 5.74) is 1.44. The number of ether oxygens (including phenoxy) is 1. The largest absolute Gasteiger partial charge is 0.469 e. The maximum Gasteiger partial charge on any atom is 0.305 e. The van der Waals surface area contributed by atoms with E-state index >= 15 is 0 Å². The molecule has 2 saturated carbocycles. The predicted octanol–water partition coefficient (Wildman–Crippen LogP) is 4.38. The Labute approximate surface area is 168 Å². The Bertz CT molecular complexity index is 530. The Hall–Kier alpha value is -0.840. The first-order chi connectivity index (χ1) is 13.0. The number of fused-ring (bicyclic) bond motifs is 1. The van der Waals surface area contributed by atoms with Gasteiger partial charge in [0.05, 0.1) is 24.7 Å². The van der Waals surface area contributed by atoms with Crippen LogP contribution in [0.15, 0.2) is 23.8 Å². The standard InChI is InChI=1S/C22H35ClO4/c1-3-4-8-19(23)20(24)11-10-17-18-13-15(12-16(18)14-21(17)25)7-5-6-9-22(26)27-2/h7,10-11,16-21,24-25H,3-6,8-9,12-14H2,1-2H3/t16-,17-,18+,19?,20+,21-/m1/s1. The molecule has 0 aromatic rings. The maximum atomic E-state index is 11.2. The van der Waals surface area contributed by atoms with E-state index in [2.05, 4.69) is 17.7 Å². The smallest absolute Gasteiger partial charge is 0.305 e. The highest BCUT2D eigenvalue weighted by Gasteiger charge is 2.44. The minimum atomic E-state index is -0.654. The summed E-state index contributed by atoms with van der Waals surface area (Å²) in [4.78, 5) is 11.2. The number of methoxy groups -OCH3 is 1. The molecule has 0 spiro atoms. The Balaban J connectivity index is 1.85. The van der Waals surface area contributed by atoms with Gasteiger partial charge in [-0.05, 0) is 50.4 Å². The van der Waals surface area contributed by atoms with E-state index in [9.17, 15) is 15.0 Å². The molecule has 0 radical (unpaired) electrons. The monoisotopic (exact) mass is 398 g/mol. The molecule has 2 fully saturated rings. The Kier molecular flexibility index (Phi) is 9.34. The van der Waals surface area contributed by atoms with Crippen LogP contribution in [0.5, 0.6) is 0 Å². The van der Waals surface area contributed by atoms with Crippen molar-refractivity contribution in [1.29, 1.82) is 0 Å². The fourth-order valence-corrected chi connectivity index (χ4v) is 4.77. The first-order valence-electron chi connectivity index (χ1n) is 10.4. The highest BCUT2D eigenvalue weighted by molar-refractivity contribution is 6.21. The molecule has 2 aliphatic carbocycles. The summed E-state index contributed by atoms with van der Waals surface area (Å²) in [6, 6.07) is 0. The lowest BCUT2D eigenvalue weighted by atomic mass is 9.90. The van der Waals surface area contributed by atoms with Crippen molar-refractivity contribution in [3.05, 3.63) is 23.8 Å². The number of carbonyl (C=O) groups excluding carboxylic acids is 1. The molecule has 27 heavy (non-hydrogen) atoms. The molecular formula is C22H35ClO4. The molecular weight excluding hydrogens is 364 g/mol. The third kappa shape index (κ3) is 6.62. The van der Waals surface area contributed by atoms with Crippen LogP contribution in [0.1, 0.15) is 64.7 Å². The van der Waals surface area contributed by atoms with E-state index in [1.807, 2.05) is 6.08 Å². The quantitative estimate of drug-likeness (QED) is 0.248. The molecule has 2 aliphatic rings. The molecule has 2 rings (SSSR count). The lowest BCUT2D eigenvalue weighted by Crippen LogP contribution is -2.21. The molecule has 0 saturated heterocycles. The molecule has 0 aliphatic heterocycles. The number of allylic oxidation sites excluding steroid dienone is 2. The van der Waals surface area contributed by atoms with Crippen molar-refractivity contribution in [2.24, 2.45) is 17.8 Å². The number of hydrogen-bond acceptors (Lipinski definition) is 4. The number of alkyl halides is 1. The second-order valence-corrected chi connectivity index (χ2v) is 8.64. The minimum Gasteiger partial charge on any atom is -0.469 e. The number of aliphatic hydroxyl groups excluding tert-OH is 2. The molecule has 2 N–H and O–H groups in total. The number of esters is 1. The number of rotatable bonds is 10. The average molecular weight is 399 g/mol. The predicted molar refractivity (Wildman–Crippen MR) is 109 cm³/mol. The summed E-state index contributed by atoms with van der Waals surface area (Å²) in [7, 11) is 1.42. The van der Waals surface area contributed by atoms with E-state index in [1.165, 1.54) is 12.7 Å². The van der Waals surface area contributed by atoms with E-state index in [4.69, 9.17) is 11.6 Å². The van der Waals surface area contributed by atoms with Crippen molar-refractivity contribution in [3.63, 3.8) is 0 Å². The molecule has 0 aromatic carbocycles. The van der Waals surface area contributed by atoms with Crippen molar-refractivity contribution >= 4 is 17.6 Å². The normalized spacial score (nSPS) is 31.4. The molecule has 6 atom stereocenters. The SMILES string of the molecule is CCCCC(Cl)[C@@H](O)C=C[C@@H]1[C@H]2CC(=CCCCC(=O)OC)C[C@@H]2C[C@H]1O. The fourth-order valence-electron chi connectivity index (χ4n) is 4.53. The summed E-state index contributed by atoms with van der Waals surface area (Å²) < 4.78 is 4.67. The van der Waals surface area contributed by atoms with Gasteiger partial charge in [-0.15, -0.1) is 11.6 Å². The van der Waals surface area contributed by atoms with Crippen LogP contribution in [0, 0.1) is 17.8 Å². The molecule has 1 unspecified atom stereocenters. The third-order valence-electron chi connectivity index (χ3n) is 6.09. The van der Waals surface area contributed by atoms with Gasteiger partial charge in [-0.25, -0.2) is 0 Å². The van der Waals surface area contributed by atoms with Gasteiger partial charge in [0, 0.05) is 12.3 Å². The number of halogens is 1. The number of unbranched alkanes of at least 4 members (excludes halogenated alkanes) is 2. The van der Waals surface area contributed by atoms with Gasteiger partial charge in [0.2, 0.25) is 0 Å². The van der Waals surface area contributed by atoms with Crippen LogP contribution in [-0.4, -0.2) is 40.9 Å². The lowest BCUT2D eigenvalue weighted by Gasteiger charge is -2.19. The van der Waals surface area contributed by atoms with Gasteiger partial charge >= 0.3 is 5.97 Å². The van der Waals surface area contributed by atoms with Crippen molar-refractivity contribution in [2.75, 3.05) is 7.11 Å². The number of hydrogen-bond donors (Lipinski definition) is 2. The average Bonchev–Trinajstić information content (AvgIpc) is 3.17. The van der Waals surface area contributed by atoms with Crippen molar-refractivity contribution in [3.8, 4) is 0 Å². The molecule has 0 aromatic heterocycles. The first-order valence-corrected chi connectivity index (χ1v) is 10.8. The Morgan fingerprint density at radius 1 is 1.37 bits per heavy atom. The van der Waals surface area contributed by atoms with Crippen LogP contribution in [0.4, 0.5) is 0 Å². The fraction of sp³-hybridized carbons (Fsp3) is 0.773. The summed E-state index contributed by atoms with van der Waals surface area (Å²) in [6.45, 7) is 2.11. The second kappa shape index (κ2) is 11.2. The summed E-state index contributed by atoms with van der Waals surface area (Å²) in [5, 5.41) is 20.4. The Morgan fingerprint density at radius 2 is 2.15 bits per heavy atom. The molecule has 154 valence electrons. The third-order valence-corrected chi connectivity index (χ3v) is 6.57. The second-order valence-electron chi connectivity index (χ2n) is 8.08. The Morgan fingerprint density at radius 3 is 2.85 bits per heavy atom. The maximum absolute atomic E-state index is 11.2. The molecule has 5 heteroatoms. The van der Waals surface area contributed by atoms with Gasteiger partial charge in [-0.1, -0.05) is 43.6 Å². The van der Waals surface area contributed by atoms with Gasteiger partial charge in [0.1, 0.15) is 0 Å². The number of aliphatic hydroxyl groups is 2. The van der Waals surface area contributed by atoms with E-state index < -0.39 is 6.10 Å². The van der Waals surface area contributed by atoms with E-state index in [0.717, 1.165) is 51.4 Å². The zero-order valence-electron chi connectivity index (χ0n) is 16.6. The van der Waals surface area contributed by atoms with Crippen molar-refractivity contribution in [2.45, 2.75) is 82.3 Å². The highest BCUT2D eigenvalue weighted by atomic mass is 35.5. The minimum absolute atomic E-state index is 0.0978. The zero-order chi connectivity index (χ0) is 19.8. The highest BCUT2D eigenvalue weighted by Crippen LogP contribution is 2.50. The number of carbonyl (C=O) groups is 1. The van der Waals surface area contributed by atoms with E-state index in [-0.39, 0.29) is 23.4 Å². The molecule has 4 nitrogen and oxygen atoms in total. The first kappa shape index (κ1) is 22.4. The van der Waals surface area contributed by atoms with Crippen LogP contribution in [0.25, 0.3) is 0 Å². The lowest BCUT2D eigenvalue weighted by molar-refractivity contribution is -0.140. The van der Waals surface area contributed by atoms with Gasteiger partial charge in [0.25, 0.3) is 0 Å². The molecule has 0 heterocycles. The molecule has 0 amide bonds.